The summed E-state index contributed by atoms with van der Waals surface area (Å²) in [4.78, 5) is 24.6. The van der Waals surface area contributed by atoms with Crippen LogP contribution >= 0.6 is 0 Å². The molecule has 0 aliphatic carbocycles. The Balaban J connectivity index is 3.40. The Morgan fingerprint density at radius 1 is 0.333 bits per heavy atom. The van der Waals surface area contributed by atoms with Gasteiger partial charge in [0.15, 0.2) is 0 Å². The van der Waals surface area contributed by atoms with Crippen LogP contribution in [0, 0.1) is 0 Å². The average Bonchev–Trinajstić information content (AvgIpc) is 3.51. The van der Waals surface area contributed by atoms with Crippen molar-refractivity contribution in [1.29, 1.82) is 0 Å². The van der Waals surface area contributed by atoms with E-state index in [4.69, 9.17) is 4.74 Å². The van der Waals surface area contributed by atoms with Gasteiger partial charge in [-0.3, -0.25) is 9.59 Å². The van der Waals surface area contributed by atoms with Gasteiger partial charge in [0.25, 0.3) is 0 Å². The molecule has 0 aromatic rings. The Hall–Kier alpha value is -2.44. The van der Waals surface area contributed by atoms with Crippen molar-refractivity contribution >= 4 is 11.9 Å². The number of ether oxygens (including phenoxy) is 1. The Morgan fingerprint density at radius 3 is 0.940 bits per heavy atom. The lowest BCUT2D eigenvalue weighted by Crippen LogP contribution is -2.45. The summed E-state index contributed by atoms with van der Waals surface area (Å²) in [6, 6.07) is -0.627. The molecular weight excluding hydrogens is 1030 g/mol. The zero-order valence-corrected chi connectivity index (χ0v) is 56.4. The van der Waals surface area contributed by atoms with Crippen molar-refractivity contribution in [1.82, 2.24) is 5.32 Å². The fourth-order valence-electron chi connectivity index (χ4n) is 11.5. The largest absolute Gasteiger partial charge is 0.466 e. The molecule has 0 heterocycles. The maximum Gasteiger partial charge on any atom is 0.305 e. The fraction of sp³-hybridized carbons (Fsp3) is 0.846. The number of unbranched alkanes of at least 4 members (excludes halogenated alkanes) is 51. The van der Waals surface area contributed by atoms with Crippen molar-refractivity contribution in [2.45, 2.75) is 411 Å². The molecule has 84 heavy (non-hydrogen) atoms. The zero-order chi connectivity index (χ0) is 60.6. The van der Waals surface area contributed by atoms with Gasteiger partial charge in [0.2, 0.25) is 5.91 Å². The Kier molecular flexibility index (Phi) is 70.9. The minimum atomic E-state index is -0.844. The summed E-state index contributed by atoms with van der Waals surface area (Å²) in [6.07, 6.45) is 97.5. The van der Waals surface area contributed by atoms with Gasteiger partial charge in [-0.2, -0.15) is 0 Å². The lowest BCUT2D eigenvalue weighted by atomic mass is 10.0. The average molecular weight is 1180 g/mol. The van der Waals surface area contributed by atoms with Crippen molar-refractivity contribution < 1.29 is 24.5 Å². The van der Waals surface area contributed by atoms with E-state index in [1.54, 1.807) is 6.08 Å². The summed E-state index contributed by atoms with van der Waals surface area (Å²) < 4.78 is 5.48. The van der Waals surface area contributed by atoms with Gasteiger partial charge in [0, 0.05) is 12.8 Å². The van der Waals surface area contributed by atoms with E-state index in [9.17, 15) is 19.8 Å². The first kappa shape index (κ1) is 81.6. The Bertz CT molecular complexity index is 1450. The highest BCUT2D eigenvalue weighted by Crippen LogP contribution is 2.18. The molecule has 492 valence electrons. The molecule has 0 aromatic heterocycles. The second kappa shape index (κ2) is 73.0. The molecule has 0 aliphatic heterocycles. The maximum absolute atomic E-state index is 12.5. The van der Waals surface area contributed by atoms with Crippen LogP contribution in [0.1, 0.15) is 399 Å². The molecule has 2 unspecified atom stereocenters. The number of hydrogen-bond acceptors (Lipinski definition) is 5. The second-order valence-corrected chi connectivity index (χ2v) is 25.6. The molecule has 0 saturated carbocycles. The summed E-state index contributed by atoms with van der Waals surface area (Å²) in [7, 11) is 0. The second-order valence-electron chi connectivity index (χ2n) is 25.6. The molecular formula is C78H145NO5. The molecule has 0 fully saturated rings. The first-order valence-electron chi connectivity index (χ1n) is 37.6. The number of esters is 1. The maximum atomic E-state index is 12.5. The van der Waals surface area contributed by atoms with Gasteiger partial charge >= 0.3 is 5.97 Å². The van der Waals surface area contributed by atoms with Crippen LogP contribution in [-0.2, 0) is 14.3 Å². The lowest BCUT2D eigenvalue weighted by molar-refractivity contribution is -0.143. The minimum Gasteiger partial charge on any atom is -0.466 e. The van der Waals surface area contributed by atoms with E-state index in [0.29, 0.717) is 19.4 Å². The van der Waals surface area contributed by atoms with E-state index in [0.717, 1.165) is 57.8 Å². The van der Waals surface area contributed by atoms with Gasteiger partial charge in [-0.1, -0.05) is 357 Å². The highest BCUT2D eigenvalue weighted by Gasteiger charge is 2.18. The number of hydrogen-bond donors (Lipinski definition) is 3. The van der Waals surface area contributed by atoms with Crippen molar-refractivity contribution in [3.05, 3.63) is 60.8 Å². The molecule has 0 bridgehead atoms. The van der Waals surface area contributed by atoms with Gasteiger partial charge in [-0.15, -0.1) is 0 Å². The molecule has 6 nitrogen and oxygen atoms in total. The van der Waals surface area contributed by atoms with Crippen LogP contribution in [0.25, 0.3) is 0 Å². The third-order valence-corrected chi connectivity index (χ3v) is 17.3. The van der Waals surface area contributed by atoms with Gasteiger partial charge in [-0.25, -0.2) is 0 Å². The van der Waals surface area contributed by atoms with Crippen LogP contribution in [0.5, 0.6) is 0 Å². The van der Waals surface area contributed by atoms with Crippen LogP contribution in [-0.4, -0.2) is 47.4 Å². The van der Waals surface area contributed by atoms with Crippen molar-refractivity contribution in [2.75, 3.05) is 13.2 Å². The first-order chi connectivity index (χ1) is 41.5. The number of carbonyl (C=O) groups excluding carboxylic acids is 2. The minimum absolute atomic E-state index is 0.00181. The lowest BCUT2D eigenvalue weighted by Gasteiger charge is -2.20. The van der Waals surface area contributed by atoms with Crippen LogP contribution in [0.2, 0.25) is 0 Å². The highest BCUT2D eigenvalue weighted by molar-refractivity contribution is 5.76. The van der Waals surface area contributed by atoms with E-state index >= 15 is 0 Å². The molecule has 6 heteroatoms. The summed E-state index contributed by atoms with van der Waals surface area (Å²) in [6.45, 7) is 4.89. The molecule has 0 saturated heterocycles. The van der Waals surface area contributed by atoms with Crippen LogP contribution in [0.4, 0.5) is 0 Å². The Morgan fingerprint density at radius 2 is 0.607 bits per heavy atom. The molecule has 0 spiro atoms. The van der Waals surface area contributed by atoms with Crippen LogP contribution in [0.3, 0.4) is 0 Å². The summed E-state index contributed by atoms with van der Waals surface area (Å²) in [5, 5.41) is 23.2. The normalized spacial score (nSPS) is 12.9. The zero-order valence-electron chi connectivity index (χ0n) is 56.4. The summed E-state index contributed by atoms with van der Waals surface area (Å²) in [5.41, 5.74) is 0. The topological polar surface area (TPSA) is 95.9 Å². The Labute approximate surface area is 524 Å². The quantitative estimate of drug-likeness (QED) is 0.0320. The SMILES string of the molecule is CCCC/C=C\C/C=C\CCCCCCCC(=O)OCCCCCCCCCCCCC/C=C\C/C=C\CCCCCCCCCCCCCCCCCCCC(=O)NC(CO)C(O)/C=C/CCCCCCCCCCCCCCCCCC. The van der Waals surface area contributed by atoms with E-state index in [2.05, 4.69) is 67.8 Å². The van der Waals surface area contributed by atoms with Gasteiger partial charge in [-0.05, 0) is 89.9 Å². The molecule has 0 rings (SSSR count). The van der Waals surface area contributed by atoms with Gasteiger partial charge in [0.05, 0.1) is 25.4 Å². The van der Waals surface area contributed by atoms with E-state index in [1.807, 2.05) is 6.08 Å². The van der Waals surface area contributed by atoms with Crippen LogP contribution in [0.15, 0.2) is 60.8 Å². The molecule has 0 aromatic carbocycles. The predicted octanol–water partition coefficient (Wildman–Crippen LogP) is 24.6. The smallest absolute Gasteiger partial charge is 0.305 e. The standard InChI is InChI=1S/C78H145NO5/c1-3-5-7-9-11-13-15-17-19-20-40-43-46-50-54-58-62-66-70-76(81)75(74-80)79-77(82)71-67-63-59-55-51-47-44-41-38-36-34-32-30-28-26-24-22-21-23-25-27-29-31-33-35-37-39-42-45-49-53-57-61-65-69-73-84-78(83)72-68-64-60-56-52-48-18-16-14-12-10-8-6-4-2/h10,12,16,18,23,25,29,31,66,70,75-76,80-81H,3-9,11,13-15,17,19-22,24,26-28,30,32-65,67-69,71-74H2,1-2H3,(H,79,82)/b12-10-,18-16-,25-23-,31-29-,70-66+. The third kappa shape index (κ3) is 68.7. The number of allylic oxidation sites excluding steroid dienone is 9. The van der Waals surface area contributed by atoms with Crippen LogP contribution < -0.4 is 5.32 Å². The number of amides is 1. The van der Waals surface area contributed by atoms with Gasteiger partial charge < -0.3 is 20.3 Å². The first-order valence-corrected chi connectivity index (χ1v) is 37.6. The summed E-state index contributed by atoms with van der Waals surface area (Å²) >= 11 is 0. The molecule has 1 amide bonds. The van der Waals surface area contributed by atoms with Crippen molar-refractivity contribution in [2.24, 2.45) is 0 Å². The molecule has 2 atom stereocenters. The fourth-order valence-corrected chi connectivity index (χ4v) is 11.5. The third-order valence-electron chi connectivity index (χ3n) is 17.3. The highest BCUT2D eigenvalue weighted by atomic mass is 16.5. The van der Waals surface area contributed by atoms with Crippen molar-refractivity contribution in [3.8, 4) is 0 Å². The molecule has 0 radical (unpaired) electrons. The predicted molar refractivity (Wildman–Crippen MR) is 370 cm³/mol. The number of aliphatic hydroxyl groups is 2. The van der Waals surface area contributed by atoms with E-state index in [-0.39, 0.29) is 18.5 Å². The number of rotatable bonds is 70. The number of carbonyl (C=O) groups is 2. The monoisotopic (exact) mass is 1180 g/mol. The van der Waals surface area contributed by atoms with E-state index in [1.165, 1.54) is 315 Å². The van der Waals surface area contributed by atoms with Crippen molar-refractivity contribution in [3.63, 3.8) is 0 Å². The molecule has 0 aliphatic rings. The molecule has 3 N–H and O–H groups in total. The number of aliphatic hydroxyl groups excluding tert-OH is 2. The van der Waals surface area contributed by atoms with E-state index < -0.39 is 12.1 Å². The summed E-state index contributed by atoms with van der Waals surface area (Å²) in [5.74, 6) is -0.0611. The number of nitrogens with one attached hydrogen (secondary N) is 1. The van der Waals surface area contributed by atoms with Gasteiger partial charge in [0.1, 0.15) is 0 Å².